The Bertz CT molecular complexity index is 1140. The van der Waals surface area contributed by atoms with E-state index in [9.17, 15) is 4.79 Å². The summed E-state index contributed by atoms with van der Waals surface area (Å²) in [6.07, 6.45) is 8.04. The van der Waals surface area contributed by atoms with Gasteiger partial charge in [-0.15, -0.1) is 0 Å². The van der Waals surface area contributed by atoms with Gasteiger partial charge in [-0.2, -0.15) is 5.10 Å². The van der Waals surface area contributed by atoms with Crippen molar-refractivity contribution < 1.29 is 4.79 Å². The Balaban J connectivity index is 1.37. The maximum atomic E-state index is 12.2. The predicted octanol–water partition coefficient (Wildman–Crippen LogP) is 3.51. The summed E-state index contributed by atoms with van der Waals surface area (Å²) in [6, 6.07) is 15.9. The van der Waals surface area contributed by atoms with Crippen LogP contribution in [-0.4, -0.2) is 31.6 Å². The van der Waals surface area contributed by atoms with Crippen molar-refractivity contribution >= 4 is 17.6 Å². The highest BCUT2D eigenvalue weighted by atomic mass is 16.1. The fourth-order valence-corrected chi connectivity index (χ4v) is 3.36. The zero-order chi connectivity index (χ0) is 20.2. The molecule has 0 spiro atoms. The highest BCUT2D eigenvalue weighted by Gasteiger charge is 2.10. The van der Waals surface area contributed by atoms with Crippen molar-refractivity contribution in [1.82, 2.24) is 24.5 Å². The molecule has 6 heteroatoms. The predicted molar refractivity (Wildman–Crippen MR) is 114 cm³/mol. The van der Waals surface area contributed by atoms with Crippen LogP contribution < -0.4 is 5.32 Å². The monoisotopic (exact) mass is 385 g/mol. The third-order valence-corrected chi connectivity index (χ3v) is 4.84. The molecule has 0 fully saturated rings. The third-order valence-electron chi connectivity index (χ3n) is 4.84. The Kier molecular flexibility index (Phi) is 5.24. The second-order valence-electron chi connectivity index (χ2n) is 6.90. The fourth-order valence-electron chi connectivity index (χ4n) is 3.36. The standard InChI is InChI=1S/C23H23N5O/c1-17-21(18(2)28(26-17)20-8-4-3-5-9-20)11-12-23(29)24-14-13-19-16-27-15-7-6-10-22(27)25-19/h3-12,15-16H,13-14H2,1-2H3,(H,24,29)/b12-11+. The number of pyridine rings is 1. The molecule has 0 aliphatic carbocycles. The van der Waals surface area contributed by atoms with Crippen molar-refractivity contribution in [2.24, 2.45) is 0 Å². The normalized spacial score (nSPS) is 11.4. The van der Waals surface area contributed by atoms with Crippen molar-refractivity contribution in [3.05, 3.63) is 89.6 Å². The van der Waals surface area contributed by atoms with E-state index < -0.39 is 0 Å². The summed E-state index contributed by atoms with van der Waals surface area (Å²) < 4.78 is 3.88. The molecule has 146 valence electrons. The van der Waals surface area contributed by atoms with Gasteiger partial charge in [0.05, 0.1) is 17.1 Å². The van der Waals surface area contributed by atoms with Crippen LogP contribution in [0.3, 0.4) is 0 Å². The number of amides is 1. The van der Waals surface area contributed by atoms with Crippen LogP contribution in [0.5, 0.6) is 0 Å². The molecule has 0 saturated heterocycles. The van der Waals surface area contributed by atoms with Crippen LogP contribution in [0.25, 0.3) is 17.4 Å². The first-order valence-corrected chi connectivity index (χ1v) is 9.62. The van der Waals surface area contributed by atoms with Crippen molar-refractivity contribution in [1.29, 1.82) is 0 Å². The molecule has 0 aliphatic rings. The molecule has 0 saturated carbocycles. The van der Waals surface area contributed by atoms with Gasteiger partial charge in [0.2, 0.25) is 5.91 Å². The van der Waals surface area contributed by atoms with E-state index in [-0.39, 0.29) is 5.91 Å². The van der Waals surface area contributed by atoms with Crippen LogP contribution in [0.15, 0.2) is 67.0 Å². The van der Waals surface area contributed by atoms with E-state index in [2.05, 4.69) is 15.4 Å². The van der Waals surface area contributed by atoms with Gasteiger partial charge < -0.3 is 9.72 Å². The first-order chi connectivity index (χ1) is 14.1. The van der Waals surface area contributed by atoms with E-state index in [0.717, 1.165) is 34.0 Å². The van der Waals surface area contributed by atoms with Gasteiger partial charge in [-0.25, -0.2) is 9.67 Å². The van der Waals surface area contributed by atoms with Gasteiger partial charge >= 0.3 is 0 Å². The topological polar surface area (TPSA) is 64.2 Å². The number of fused-ring (bicyclic) bond motifs is 1. The van der Waals surface area contributed by atoms with Crippen LogP contribution in [0.2, 0.25) is 0 Å². The molecular formula is C23H23N5O. The van der Waals surface area contributed by atoms with Gasteiger partial charge in [0.15, 0.2) is 0 Å². The molecule has 0 aliphatic heterocycles. The minimum atomic E-state index is -0.125. The highest BCUT2D eigenvalue weighted by Crippen LogP contribution is 2.19. The summed E-state index contributed by atoms with van der Waals surface area (Å²) in [5, 5.41) is 7.53. The number of aryl methyl sites for hydroxylation is 1. The van der Waals surface area contributed by atoms with E-state index in [1.165, 1.54) is 0 Å². The lowest BCUT2D eigenvalue weighted by molar-refractivity contribution is -0.116. The fraction of sp³-hybridized carbons (Fsp3) is 0.174. The molecule has 3 aromatic heterocycles. The molecule has 3 heterocycles. The van der Waals surface area contributed by atoms with E-state index >= 15 is 0 Å². The van der Waals surface area contributed by atoms with E-state index in [1.54, 1.807) is 6.08 Å². The van der Waals surface area contributed by atoms with Gasteiger partial charge in [0.25, 0.3) is 0 Å². The number of para-hydroxylation sites is 1. The first-order valence-electron chi connectivity index (χ1n) is 9.62. The zero-order valence-corrected chi connectivity index (χ0v) is 16.5. The lowest BCUT2D eigenvalue weighted by Crippen LogP contribution is -2.23. The summed E-state index contributed by atoms with van der Waals surface area (Å²) in [7, 11) is 0. The van der Waals surface area contributed by atoms with Gasteiger partial charge in [0.1, 0.15) is 5.65 Å². The maximum Gasteiger partial charge on any atom is 0.244 e. The summed E-state index contributed by atoms with van der Waals surface area (Å²) in [5.41, 5.74) is 5.72. The SMILES string of the molecule is Cc1nn(-c2ccccc2)c(C)c1/C=C/C(=O)NCCc1cn2ccccc2n1. The molecule has 6 nitrogen and oxygen atoms in total. The average molecular weight is 385 g/mol. The number of imidazole rings is 1. The minimum absolute atomic E-state index is 0.125. The summed E-state index contributed by atoms with van der Waals surface area (Å²) in [5.74, 6) is -0.125. The van der Waals surface area contributed by atoms with Crippen molar-refractivity contribution in [2.75, 3.05) is 6.54 Å². The van der Waals surface area contributed by atoms with Gasteiger partial charge in [-0.1, -0.05) is 24.3 Å². The quantitative estimate of drug-likeness (QED) is 0.517. The summed E-state index contributed by atoms with van der Waals surface area (Å²) in [6.45, 7) is 4.50. The van der Waals surface area contributed by atoms with Crippen LogP contribution in [0, 0.1) is 13.8 Å². The molecule has 0 atom stereocenters. The van der Waals surface area contributed by atoms with Crippen LogP contribution in [0.4, 0.5) is 0 Å². The number of carbonyl (C=O) groups excluding carboxylic acids is 1. The van der Waals surface area contributed by atoms with Gasteiger partial charge in [0, 0.05) is 42.7 Å². The second kappa shape index (κ2) is 8.14. The Morgan fingerprint density at radius 2 is 1.90 bits per heavy atom. The molecule has 1 aromatic carbocycles. The lowest BCUT2D eigenvalue weighted by Gasteiger charge is -2.03. The molecule has 29 heavy (non-hydrogen) atoms. The van der Waals surface area contributed by atoms with Crippen molar-refractivity contribution in [3.8, 4) is 5.69 Å². The molecule has 1 N–H and O–H groups in total. The van der Waals surface area contributed by atoms with E-state index in [1.807, 2.05) is 89.9 Å². The smallest absolute Gasteiger partial charge is 0.244 e. The number of carbonyl (C=O) groups is 1. The van der Waals surface area contributed by atoms with Gasteiger partial charge in [-0.3, -0.25) is 4.79 Å². The number of rotatable bonds is 6. The second-order valence-corrected chi connectivity index (χ2v) is 6.90. The Morgan fingerprint density at radius 1 is 1.10 bits per heavy atom. The Morgan fingerprint density at radius 3 is 2.69 bits per heavy atom. The number of hydrogen-bond acceptors (Lipinski definition) is 3. The maximum absolute atomic E-state index is 12.2. The van der Waals surface area contributed by atoms with Crippen LogP contribution in [-0.2, 0) is 11.2 Å². The first kappa shape index (κ1) is 18.7. The Labute approximate surface area is 169 Å². The van der Waals surface area contributed by atoms with Crippen LogP contribution in [0.1, 0.15) is 22.6 Å². The minimum Gasteiger partial charge on any atom is -0.352 e. The summed E-state index contributed by atoms with van der Waals surface area (Å²) in [4.78, 5) is 16.8. The molecule has 1 amide bonds. The number of nitrogens with one attached hydrogen (secondary N) is 1. The molecule has 4 aromatic rings. The van der Waals surface area contributed by atoms with Crippen molar-refractivity contribution in [3.63, 3.8) is 0 Å². The van der Waals surface area contributed by atoms with E-state index in [0.29, 0.717) is 13.0 Å². The Hall–Kier alpha value is -3.67. The molecule has 0 unspecified atom stereocenters. The number of aromatic nitrogens is 4. The largest absolute Gasteiger partial charge is 0.352 e. The van der Waals surface area contributed by atoms with Crippen LogP contribution >= 0.6 is 0 Å². The highest BCUT2D eigenvalue weighted by molar-refractivity contribution is 5.92. The number of nitrogens with zero attached hydrogens (tertiary/aromatic N) is 4. The summed E-state index contributed by atoms with van der Waals surface area (Å²) >= 11 is 0. The van der Waals surface area contributed by atoms with E-state index in [4.69, 9.17) is 0 Å². The molecule has 0 bridgehead atoms. The number of hydrogen-bond donors (Lipinski definition) is 1. The third kappa shape index (κ3) is 4.11. The molecule has 4 rings (SSSR count). The lowest BCUT2D eigenvalue weighted by atomic mass is 10.2. The number of benzene rings is 1. The zero-order valence-electron chi connectivity index (χ0n) is 16.5. The molecule has 0 radical (unpaired) electrons. The van der Waals surface area contributed by atoms with Crippen molar-refractivity contribution in [2.45, 2.75) is 20.3 Å². The average Bonchev–Trinajstić information content (AvgIpc) is 3.27. The van der Waals surface area contributed by atoms with Gasteiger partial charge in [-0.05, 0) is 44.2 Å². The molecular weight excluding hydrogens is 362 g/mol.